The molecule has 1 aliphatic rings. The van der Waals surface area contributed by atoms with Crippen LogP contribution in [0.5, 0.6) is 0 Å². The zero-order valence-electron chi connectivity index (χ0n) is 18.4. The minimum absolute atomic E-state index is 0.208. The van der Waals surface area contributed by atoms with E-state index in [1.807, 2.05) is 38.1 Å². The number of hydrogen-bond acceptors (Lipinski definition) is 4. The third-order valence-electron chi connectivity index (χ3n) is 6.42. The molecule has 0 aliphatic carbocycles. The smallest absolute Gasteiger partial charge is 0.337 e. The fourth-order valence-corrected chi connectivity index (χ4v) is 8.05. The van der Waals surface area contributed by atoms with Crippen molar-refractivity contribution in [1.29, 1.82) is 0 Å². The zero-order chi connectivity index (χ0) is 21.2. The molecule has 0 spiro atoms. The molecule has 29 heavy (non-hydrogen) atoms. The molecular weight excluding hydrogens is 376 g/mol. The van der Waals surface area contributed by atoms with E-state index in [2.05, 4.69) is 73.4 Å². The van der Waals surface area contributed by atoms with Crippen LogP contribution in [0.4, 0.5) is 5.69 Å². The quantitative estimate of drug-likeness (QED) is 0.521. The lowest BCUT2D eigenvalue weighted by atomic mass is 10.1. The van der Waals surface area contributed by atoms with E-state index in [0.717, 1.165) is 23.5 Å². The van der Waals surface area contributed by atoms with Gasteiger partial charge in [0.25, 0.3) is 0 Å². The van der Waals surface area contributed by atoms with Gasteiger partial charge in [-0.25, -0.2) is 9.80 Å². The first kappa shape index (κ1) is 21.3. The molecule has 2 aromatic rings. The number of benzene rings is 2. The van der Waals surface area contributed by atoms with Crippen LogP contribution in [-0.2, 0) is 9.53 Å². The molecule has 0 saturated heterocycles. The second-order valence-electron chi connectivity index (χ2n) is 8.11. The summed E-state index contributed by atoms with van der Waals surface area (Å²) in [5.41, 5.74) is 2.80. The number of likely N-dealkylation sites (N-methyl/N-ethyl adjacent to an activating group) is 1. The Morgan fingerprint density at radius 2 is 1.55 bits per heavy atom. The number of carbonyl (C=O) groups is 1. The van der Waals surface area contributed by atoms with E-state index in [0.29, 0.717) is 6.61 Å². The van der Waals surface area contributed by atoms with Crippen LogP contribution >= 0.6 is 0 Å². The Morgan fingerprint density at radius 3 is 2.07 bits per heavy atom. The van der Waals surface area contributed by atoms with Gasteiger partial charge in [-0.3, -0.25) is 5.01 Å². The Kier molecular flexibility index (Phi) is 6.01. The van der Waals surface area contributed by atoms with Gasteiger partial charge in [0.2, 0.25) is 0 Å². The summed E-state index contributed by atoms with van der Waals surface area (Å²) in [6.45, 7) is 14.2. The minimum Gasteiger partial charge on any atom is -0.463 e. The molecule has 5 heteroatoms. The number of carbonyl (C=O) groups excluding carboxylic acids is 1. The largest absolute Gasteiger partial charge is 0.463 e. The number of hydrazine groups is 1. The average molecular weight is 409 g/mol. The summed E-state index contributed by atoms with van der Waals surface area (Å²) in [5.74, 6) is -0.208. The van der Waals surface area contributed by atoms with Crippen molar-refractivity contribution >= 4 is 24.9 Å². The summed E-state index contributed by atoms with van der Waals surface area (Å²) in [7, 11) is -2.20. The number of para-hydroxylation sites is 1. The molecule has 0 amide bonds. The van der Waals surface area contributed by atoms with E-state index >= 15 is 0 Å². The monoisotopic (exact) mass is 408 g/mol. The molecular formula is C24H32N2O2Si. The summed E-state index contributed by atoms with van der Waals surface area (Å²) in [4.78, 5) is 13.3. The van der Waals surface area contributed by atoms with E-state index in [9.17, 15) is 4.79 Å². The first-order valence-corrected chi connectivity index (χ1v) is 13.4. The van der Waals surface area contributed by atoms with Crippen molar-refractivity contribution < 1.29 is 9.53 Å². The highest BCUT2D eigenvalue weighted by atomic mass is 28.3. The van der Waals surface area contributed by atoms with E-state index in [1.54, 1.807) is 0 Å². The van der Waals surface area contributed by atoms with Crippen molar-refractivity contribution in [1.82, 2.24) is 5.01 Å². The SMILES string of the molecule is CCOC(=O)C1=C(C)N(c2ccccc2)N(CC)C1(C)[Si](C)(C)c1ccccc1. The summed E-state index contributed by atoms with van der Waals surface area (Å²) >= 11 is 0. The fraction of sp³-hybridized carbons (Fsp3) is 0.375. The number of rotatable bonds is 6. The highest BCUT2D eigenvalue weighted by Gasteiger charge is 2.59. The van der Waals surface area contributed by atoms with Crippen LogP contribution in [0.25, 0.3) is 0 Å². The lowest BCUT2D eigenvalue weighted by Crippen LogP contribution is -2.70. The lowest BCUT2D eigenvalue weighted by molar-refractivity contribution is -0.139. The predicted molar refractivity (Wildman–Crippen MR) is 123 cm³/mol. The van der Waals surface area contributed by atoms with E-state index in [4.69, 9.17) is 4.74 Å². The van der Waals surface area contributed by atoms with Crippen LogP contribution in [0.15, 0.2) is 71.9 Å². The van der Waals surface area contributed by atoms with Gasteiger partial charge in [-0.1, -0.05) is 73.7 Å². The topological polar surface area (TPSA) is 32.8 Å². The van der Waals surface area contributed by atoms with Gasteiger partial charge in [0.1, 0.15) is 8.07 Å². The first-order valence-electron chi connectivity index (χ1n) is 10.4. The maximum atomic E-state index is 13.3. The van der Waals surface area contributed by atoms with E-state index in [1.165, 1.54) is 5.19 Å². The van der Waals surface area contributed by atoms with Gasteiger partial charge in [-0.15, -0.1) is 0 Å². The summed E-state index contributed by atoms with van der Waals surface area (Å²) < 4.78 is 5.57. The van der Waals surface area contributed by atoms with Crippen molar-refractivity contribution in [2.24, 2.45) is 0 Å². The van der Waals surface area contributed by atoms with Crippen LogP contribution in [0.1, 0.15) is 27.7 Å². The van der Waals surface area contributed by atoms with Crippen molar-refractivity contribution in [3.63, 3.8) is 0 Å². The Labute approximate surface area is 175 Å². The minimum atomic E-state index is -2.20. The molecule has 154 valence electrons. The summed E-state index contributed by atoms with van der Waals surface area (Å²) in [6.07, 6.45) is 0. The molecule has 2 aromatic carbocycles. The summed E-state index contributed by atoms with van der Waals surface area (Å²) in [6, 6.07) is 20.9. The highest BCUT2D eigenvalue weighted by Crippen LogP contribution is 2.46. The van der Waals surface area contributed by atoms with Gasteiger partial charge < -0.3 is 4.74 Å². The van der Waals surface area contributed by atoms with Crippen LogP contribution in [0.2, 0.25) is 13.1 Å². The molecule has 0 N–H and O–H groups in total. The third kappa shape index (κ3) is 3.32. The molecule has 0 fully saturated rings. The van der Waals surface area contributed by atoms with Gasteiger partial charge in [-0.2, -0.15) is 0 Å². The van der Waals surface area contributed by atoms with Crippen molar-refractivity contribution in [2.45, 2.75) is 46.0 Å². The molecule has 0 aromatic heterocycles. The molecule has 4 nitrogen and oxygen atoms in total. The molecule has 0 saturated carbocycles. The highest BCUT2D eigenvalue weighted by molar-refractivity contribution is 6.93. The van der Waals surface area contributed by atoms with Gasteiger partial charge in [0.15, 0.2) is 0 Å². The number of hydrogen-bond donors (Lipinski definition) is 0. The van der Waals surface area contributed by atoms with Gasteiger partial charge in [0.05, 0.1) is 23.0 Å². The van der Waals surface area contributed by atoms with Crippen LogP contribution in [0, 0.1) is 0 Å². The first-order chi connectivity index (χ1) is 13.8. The van der Waals surface area contributed by atoms with Crippen LogP contribution in [-0.4, -0.2) is 37.4 Å². The number of nitrogens with zero attached hydrogens (tertiary/aromatic N) is 2. The van der Waals surface area contributed by atoms with Crippen LogP contribution < -0.4 is 10.2 Å². The Morgan fingerprint density at radius 1 is 1.00 bits per heavy atom. The molecule has 3 rings (SSSR count). The number of esters is 1. The summed E-state index contributed by atoms with van der Waals surface area (Å²) in [5, 5.41) is 5.45. The Bertz CT molecular complexity index is 896. The number of anilines is 1. The molecule has 1 atom stereocenters. The average Bonchev–Trinajstić information content (AvgIpc) is 2.97. The van der Waals surface area contributed by atoms with Crippen molar-refractivity contribution in [3.05, 3.63) is 71.9 Å². The molecule has 0 radical (unpaired) electrons. The lowest BCUT2D eigenvalue weighted by Gasteiger charge is -2.49. The van der Waals surface area contributed by atoms with Gasteiger partial charge in [0, 0.05) is 12.2 Å². The van der Waals surface area contributed by atoms with Crippen LogP contribution in [0.3, 0.4) is 0 Å². The molecule has 1 aliphatic heterocycles. The van der Waals surface area contributed by atoms with Gasteiger partial charge in [-0.05, 0) is 32.9 Å². The Balaban J connectivity index is 2.26. The molecule has 1 heterocycles. The van der Waals surface area contributed by atoms with Crippen molar-refractivity contribution in [3.8, 4) is 0 Å². The Hall–Kier alpha value is -2.37. The van der Waals surface area contributed by atoms with Gasteiger partial charge >= 0.3 is 5.97 Å². The molecule has 0 bridgehead atoms. The number of ether oxygens (including phenoxy) is 1. The van der Waals surface area contributed by atoms with E-state index < -0.39 is 13.2 Å². The number of allylic oxidation sites excluding steroid dienone is 1. The van der Waals surface area contributed by atoms with E-state index in [-0.39, 0.29) is 5.97 Å². The fourth-order valence-electron chi connectivity index (χ4n) is 4.65. The maximum absolute atomic E-state index is 13.3. The second-order valence-corrected chi connectivity index (χ2v) is 12.9. The molecule has 1 unspecified atom stereocenters. The normalized spacial score (nSPS) is 20.3. The zero-order valence-corrected chi connectivity index (χ0v) is 19.4. The predicted octanol–water partition coefficient (Wildman–Crippen LogP) is 4.49. The third-order valence-corrected chi connectivity index (χ3v) is 11.1. The van der Waals surface area contributed by atoms with Crippen molar-refractivity contribution in [2.75, 3.05) is 18.2 Å². The second kappa shape index (κ2) is 8.17. The maximum Gasteiger partial charge on any atom is 0.337 e. The standard InChI is InChI=1S/C24H32N2O2Si/c1-7-25-24(4,29(5,6)21-17-13-10-14-18-21)22(23(27)28-8-2)19(3)26(25)20-15-11-9-12-16-20/h9-18H,7-8H2,1-6H3.